The second kappa shape index (κ2) is 8.20. The Morgan fingerprint density at radius 2 is 2.26 bits per heavy atom. The number of nitrogens with one attached hydrogen (secondary N) is 1. The molecule has 3 atom stereocenters. The molecule has 0 bridgehead atoms. The molecule has 19 heavy (non-hydrogen) atoms. The molecule has 0 aromatic heterocycles. The highest BCUT2D eigenvalue weighted by Gasteiger charge is 2.41. The maximum Gasteiger partial charge on any atom is 0.0616 e. The third-order valence-electron chi connectivity index (χ3n) is 4.76. The van der Waals surface area contributed by atoms with Crippen molar-refractivity contribution in [3.05, 3.63) is 0 Å². The Morgan fingerprint density at radius 3 is 2.84 bits per heavy atom. The smallest absolute Gasteiger partial charge is 0.0616 e. The van der Waals surface area contributed by atoms with Crippen LogP contribution in [0.2, 0.25) is 0 Å². The fourth-order valence-corrected chi connectivity index (χ4v) is 3.36. The van der Waals surface area contributed by atoms with Gasteiger partial charge in [0.15, 0.2) is 0 Å². The summed E-state index contributed by atoms with van der Waals surface area (Å²) in [5.41, 5.74) is -0.0277. The molecule has 1 aliphatic carbocycles. The van der Waals surface area contributed by atoms with E-state index in [0.29, 0.717) is 12.0 Å². The fourth-order valence-electron chi connectivity index (χ4n) is 3.36. The minimum atomic E-state index is -0.0277. The second-order valence-corrected chi connectivity index (χ2v) is 6.01. The number of methoxy groups -OCH3 is 1. The lowest BCUT2D eigenvalue weighted by Crippen LogP contribution is -2.52. The number of likely N-dealkylation sites (N-methyl/N-ethyl adjacent to an activating group) is 2. The highest BCUT2D eigenvalue weighted by molar-refractivity contribution is 4.98. The molecule has 1 rings (SSSR count). The van der Waals surface area contributed by atoms with Gasteiger partial charge >= 0.3 is 0 Å². The Morgan fingerprint density at radius 1 is 1.53 bits per heavy atom. The summed E-state index contributed by atoms with van der Waals surface area (Å²) >= 11 is 0. The van der Waals surface area contributed by atoms with Crippen LogP contribution < -0.4 is 5.32 Å². The number of rotatable bonds is 9. The number of hydrogen-bond acceptors (Lipinski definition) is 4. The molecular formula is C15H32N2O2. The van der Waals surface area contributed by atoms with E-state index >= 15 is 0 Å². The Bertz CT molecular complexity index is 250. The number of ether oxygens (including phenoxy) is 1. The molecule has 0 aliphatic heterocycles. The first-order chi connectivity index (χ1) is 9.09. The van der Waals surface area contributed by atoms with E-state index in [1.54, 1.807) is 7.11 Å². The monoisotopic (exact) mass is 272 g/mol. The Labute approximate surface area is 118 Å². The molecular weight excluding hydrogens is 240 g/mol. The van der Waals surface area contributed by atoms with Gasteiger partial charge in [0, 0.05) is 18.7 Å². The molecule has 4 nitrogen and oxygen atoms in total. The Hall–Kier alpha value is -0.160. The quantitative estimate of drug-likeness (QED) is 0.667. The summed E-state index contributed by atoms with van der Waals surface area (Å²) in [4.78, 5) is 2.36. The van der Waals surface area contributed by atoms with Crippen LogP contribution in [0.4, 0.5) is 0 Å². The molecule has 114 valence electrons. The summed E-state index contributed by atoms with van der Waals surface area (Å²) in [6.07, 6.45) is 4.73. The zero-order valence-corrected chi connectivity index (χ0v) is 13.1. The fraction of sp³-hybridized carbons (Fsp3) is 1.00. The van der Waals surface area contributed by atoms with E-state index in [0.717, 1.165) is 32.5 Å². The molecule has 0 spiro atoms. The Balaban J connectivity index is 2.46. The summed E-state index contributed by atoms with van der Waals surface area (Å²) in [7, 11) is 3.91. The lowest BCUT2D eigenvalue weighted by atomic mass is 9.85. The van der Waals surface area contributed by atoms with E-state index < -0.39 is 0 Å². The first-order valence-corrected chi connectivity index (χ1v) is 7.64. The van der Waals surface area contributed by atoms with Crippen molar-refractivity contribution < 1.29 is 9.84 Å². The average Bonchev–Trinajstić information content (AvgIpc) is 2.80. The van der Waals surface area contributed by atoms with E-state index in [2.05, 4.69) is 31.1 Å². The van der Waals surface area contributed by atoms with Crippen LogP contribution in [0.5, 0.6) is 0 Å². The first-order valence-electron chi connectivity index (χ1n) is 7.64. The lowest BCUT2D eigenvalue weighted by molar-refractivity contribution is 0.0921. The van der Waals surface area contributed by atoms with Crippen molar-refractivity contribution >= 4 is 0 Å². The van der Waals surface area contributed by atoms with Crippen LogP contribution >= 0.6 is 0 Å². The van der Waals surface area contributed by atoms with Gasteiger partial charge in [0.05, 0.1) is 13.2 Å². The highest BCUT2D eigenvalue weighted by atomic mass is 16.5. The summed E-state index contributed by atoms with van der Waals surface area (Å²) in [6.45, 7) is 7.37. The van der Waals surface area contributed by atoms with Crippen molar-refractivity contribution in [2.45, 2.75) is 51.1 Å². The van der Waals surface area contributed by atoms with Gasteiger partial charge in [-0.3, -0.25) is 0 Å². The molecule has 3 unspecified atom stereocenters. The normalized spacial score (nSPS) is 29.1. The zero-order valence-electron chi connectivity index (χ0n) is 13.1. The van der Waals surface area contributed by atoms with E-state index in [9.17, 15) is 5.11 Å². The number of aliphatic hydroxyl groups excluding tert-OH is 1. The van der Waals surface area contributed by atoms with Gasteiger partial charge in [-0.05, 0) is 52.2 Å². The van der Waals surface area contributed by atoms with Crippen LogP contribution in [0.25, 0.3) is 0 Å². The Kier molecular flexibility index (Phi) is 7.29. The van der Waals surface area contributed by atoms with Crippen LogP contribution in [-0.4, -0.2) is 62.0 Å². The standard InChI is InChI=1S/C15H32N2O2/c1-5-16-15(12-18)9-6-7-14(15)8-10-17(3)13(2)11-19-4/h13-14,16,18H,5-12H2,1-4H3. The summed E-state index contributed by atoms with van der Waals surface area (Å²) in [5.74, 6) is 0.592. The van der Waals surface area contributed by atoms with Crippen LogP contribution in [0.1, 0.15) is 39.5 Å². The molecule has 0 heterocycles. The molecule has 2 N–H and O–H groups in total. The molecule has 0 amide bonds. The molecule has 0 saturated heterocycles. The van der Waals surface area contributed by atoms with E-state index in [1.807, 2.05) is 0 Å². The lowest BCUT2D eigenvalue weighted by Gasteiger charge is -2.36. The molecule has 1 fully saturated rings. The predicted octanol–water partition coefficient (Wildman–Crippen LogP) is 1.48. The summed E-state index contributed by atoms with van der Waals surface area (Å²) in [5, 5.41) is 13.3. The SMILES string of the molecule is CCNC1(CO)CCCC1CCN(C)C(C)COC. The minimum absolute atomic E-state index is 0.0277. The average molecular weight is 272 g/mol. The molecule has 1 saturated carbocycles. The van der Waals surface area contributed by atoms with E-state index in [1.165, 1.54) is 12.8 Å². The largest absolute Gasteiger partial charge is 0.394 e. The van der Waals surface area contributed by atoms with Gasteiger partial charge < -0.3 is 20.1 Å². The highest BCUT2D eigenvalue weighted by Crippen LogP contribution is 2.37. The minimum Gasteiger partial charge on any atom is -0.394 e. The van der Waals surface area contributed by atoms with E-state index in [-0.39, 0.29) is 12.1 Å². The van der Waals surface area contributed by atoms with Crippen LogP contribution in [-0.2, 0) is 4.74 Å². The van der Waals surface area contributed by atoms with Crippen molar-refractivity contribution in [1.29, 1.82) is 0 Å². The third kappa shape index (κ3) is 4.42. The topological polar surface area (TPSA) is 44.7 Å². The van der Waals surface area contributed by atoms with Gasteiger partial charge in [0.1, 0.15) is 0 Å². The molecule has 1 aliphatic rings. The molecule has 4 heteroatoms. The van der Waals surface area contributed by atoms with Gasteiger partial charge in [-0.25, -0.2) is 0 Å². The van der Waals surface area contributed by atoms with Crippen molar-refractivity contribution in [2.24, 2.45) is 5.92 Å². The number of hydrogen-bond donors (Lipinski definition) is 2. The van der Waals surface area contributed by atoms with Crippen LogP contribution in [0, 0.1) is 5.92 Å². The molecule has 0 aromatic carbocycles. The zero-order chi connectivity index (χ0) is 14.3. The van der Waals surface area contributed by atoms with E-state index in [4.69, 9.17) is 4.74 Å². The van der Waals surface area contributed by atoms with Crippen LogP contribution in [0.15, 0.2) is 0 Å². The maximum absolute atomic E-state index is 9.78. The maximum atomic E-state index is 9.78. The van der Waals surface area contributed by atoms with Gasteiger partial charge in [-0.2, -0.15) is 0 Å². The summed E-state index contributed by atoms with van der Waals surface area (Å²) < 4.78 is 5.20. The van der Waals surface area contributed by atoms with Gasteiger partial charge in [0.2, 0.25) is 0 Å². The first kappa shape index (κ1) is 16.9. The van der Waals surface area contributed by atoms with Crippen molar-refractivity contribution in [2.75, 3.05) is 40.5 Å². The third-order valence-corrected chi connectivity index (χ3v) is 4.76. The van der Waals surface area contributed by atoms with Crippen molar-refractivity contribution in [3.8, 4) is 0 Å². The number of aliphatic hydroxyl groups is 1. The molecule has 0 radical (unpaired) electrons. The van der Waals surface area contributed by atoms with Crippen molar-refractivity contribution in [1.82, 2.24) is 10.2 Å². The predicted molar refractivity (Wildman–Crippen MR) is 79.4 cm³/mol. The van der Waals surface area contributed by atoms with Gasteiger partial charge in [0.25, 0.3) is 0 Å². The van der Waals surface area contributed by atoms with Crippen molar-refractivity contribution in [3.63, 3.8) is 0 Å². The van der Waals surface area contributed by atoms with Gasteiger partial charge in [-0.15, -0.1) is 0 Å². The number of nitrogens with zero attached hydrogens (tertiary/aromatic N) is 1. The summed E-state index contributed by atoms with van der Waals surface area (Å²) in [6, 6.07) is 0.453. The second-order valence-electron chi connectivity index (χ2n) is 6.01. The molecule has 0 aromatic rings. The van der Waals surface area contributed by atoms with Gasteiger partial charge in [-0.1, -0.05) is 13.3 Å². The van der Waals surface area contributed by atoms with Crippen LogP contribution in [0.3, 0.4) is 0 Å².